The van der Waals surface area contributed by atoms with Gasteiger partial charge < -0.3 is 10.6 Å². The van der Waals surface area contributed by atoms with E-state index in [2.05, 4.69) is 24.5 Å². The predicted octanol–water partition coefficient (Wildman–Crippen LogP) is 0.736. The quantitative estimate of drug-likeness (QED) is 0.607. The SMILES string of the molecule is CCC(C)NC1CCNC1. The normalized spacial score (nSPS) is 28.8. The molecule has 1 aliphatic rings. The van der Waals surface area contributed by atoms with Crippen molar-refractivity contribution in [3.8, 4) is 0 Å². The molecule has 0 aromatic heterocycles. The lowest BCUT2D eigenvalue weighted by atomic mass is 10.2. The molecule has 0 amide bonds. The Morgan fingerprint density at radius 2 is 2.50 bits per heavy atom. The number of nitrogens with one attached hydrogen (secondary N) is 2. The molecular weight excluding hydrogens is 124 g/mol. The highest BCUT2D eigenvalue weighted by atomic mass is 15.0. The van der Waals surface area contributed by atoms with Crippen molar-refractivity contribution < 1.29 is 0 Å². The van der Waals surface area contributed by atoms with Crippen LogP contribution in [0.4, 0.5) is 0 Å². The lowest BCUT2D eigenvalue weighted by Crippen LogP contribution is -2.37. The van der Waals surface area contributed by atoms with E-state index in [9.17, 15) is 0 Å². The zero-order valence-electron chi connectivity index (χ0n) is 6.98. The third-order valence-electron chi connectivity index (χ3n) is 2.19. The minimum Gasteiger partial charge on any atom is -0.315 e. The molecule has 1 fully saturated rings. The minimum atomic E-state index is 0.685. The van der Waals surface area contributed by atoms with Crippen LogP contribution in [-0.2, 0) is 0 Å². The van der Waals surface area contributed by atoms with Crippen molar-refractivity contribution in [2.45, 2.75) is 38.8 Å². The molecular formula is C8H18N2. The summed E-state index contributed by atoms with van der Waals surface area (Å²) in [5.41, 5.74) is 0. The van der Waals surface area contributed by atoms with Crippen LogP contribution in [0.1, 0.15) is 26.7 Å². The summed E-state index contributed by atoms with van der Waals surface area (Å²) in [5, 5.41) is 6.91. The van der Waals surface area contributed by atoms with Crippen molar-refractivity contribution in [1.82, 2.24) is 10.6 Å². The molecule has 10 heavy (non-hydrogen) atoms. The maximum atomic E-state index is 3.57. The first-order chi connectivity index (χ1) is 4.83. The first-order valence-electron chi connectivity index (χ1n) is 4.29. The Morgan fingerprint density at radius 1 is 1.70 bits per heavy atom. The monoisotopic (exact) mass is 142 g/mol. The Hall–Kier alpha value is -0.0800. The van der Waals surface area contributed by atoms with Crippen LogP contribution in [-0.4, -0.2) is 25.2 Å². The van der Waals surface area contributed by atoms with Gasteiger partial charge >= 0.3 is 0 Å². The van der Waals surface area contributed by atoms with Gasteiger partial charge in [-0.15, -0.1) is 0 Å². The molecule has 1 saturated heterocycles. The molecule has 2 nitrogen and oxygen atoms in total. The van der Waals surface area contributed by atoms with Crippen LogP contribution >= 0.6 is 0 Å². The Labute approximate surface area is 63.4 Å². The second-order valence-electron chi connectivity index (χ2n) is 3.17. The second-order valence-corrected chi connectivity index (χ2v) is 3.17. The average molecular weight is 142 g/mol. The molecule has 1 rings (SSSR count). The van der Waals surface area contributed by atoms with Crippen LogP contribution in [0.2, 0.25) is 0 Å². The van der Waals surface area contributed by atoms with Crippen molar-refractivity contribution in [2.75, 3.05) is 13.1 Å². The summed E-state index contributed by atoms with van der Waals surface area (Å²) in [7, 11) is 0. The van der Waals surface area contributed by atoms with Gasteiger partial charge in [0.2, 0.25) is 0 Å². The fourth-order valence-corrected chi connectivity index (χ4v) is 1.32. The van der Waals surface area contributed by atoms with E-state index in [4.69, 9.17) is 0 Å². The molecule has 0 aromatic carbocycles. The van der Waals surface area contributed by atoms with E-state index in [0.717, 1.165) is 12.6 Å². The number of hydrogen-bond acceptors (Lipinski definition) is 2. The Kier molecular flexibility index (Phi) is 3.16. The molecule has 2 unspecified atom stereocenters. The molecule has 0 aliphatic carbocycles. The summed E-state index contributed by atoms with van der Waals surface area (Å²) in [5.74, 6) is 0. The largest absolute Gasteiger partial charge is 0.315 e. The third-order valence-corrected chi connectivity index (χ3v) is 2.19. The van der Waals surface area contributed by atoms with E-state index in [1.807, 2.05) is 0 Å². The first-order valence-corrected chi connectivity index (χ1v) is 4.29. The summed E-state index contributed by atoms with van der Waals surface area (Å²) in [4.78, 5) is 0. The Balaban J connectivity index is 2.11. The Bertz CT molecular complexity index is 87.3. The molecule has 0 aromatic rings. The third kappa shape index (κ3) is 2.27. The fourth-order valence-electron chi connectivity index (χ4n) is 1.32. The summed E-state index contributed by atoms with van der Waals surface area (Å²) in [6.45, 7) is 6.82. The average Bonchev–Trinajstić information content (AvgIpc) is 2.40. The zero-order valence-corrected chi connectivity index (χ0v) is 6.98. The summed E-state index contributed by atoms with van der Waals surface area (Å²) in [6, 6.07) is 1.42. The lowest BCUT2D eigenvalue weighted by Gasteiger charge is -2.16. The van der Waals surface area contributed by atoms with Crippen LogP contribution in [0.25, 0.3) is 0 Å². The van der Waals surface area contributed by atoms with E-state index in [1.54, 1.807) is 0 Å². The smallest absolute Gasteiger partial charge is 0.0207 e. The molecule has 1 heterocycles. The van der Waals surface area contributed by atoms with Crippen LogP contribution < -0.4 is 10.6 Å². The van der Waals surface area contributed by atoms with E-state index >= 15 is 0 Å². The van der Waals surface area contributed by atoms with Crippen molar-refractivity contribution >= 4 is 0 Å². The van der Waals surface area contributed by atoms with Gasteiger partial charge in [0.05, 0.1) is 0 Å². The van der Waals surface area contributed by atoms with Crippen molar-refractivity contribution in [3.63, 3.8) is 0 Å². The summed E-state index contributed by atoms with van der Waals surface area (Å²) < 4.78 is 0. The van der Waals surface area contributed by atoms with Crippen molar-refractivity contribution in [3.05, 3.63) is 0 Å². The highest BCUT2D eigenvalue weighted by Gasteiger charge is 2.14. The maximum Gasteiger partial charge on any atom is 0.0207 e. The van der Waals surface area contributed by atoms with Gasteiger partial charge in [-0.3, -0.25) is 0 Å². The fraction of sp³-hybridized carbons (Fsp3) is 1.00. The molecule has 0 spiro atoms. The molecule has 0 bridgehead atoms. The molecule has 60 valence electrons. The van der Waals surface area contributed by atoms with Gasteiger partial charge in [-0.05, 0) is 26.3 Å². The molecule has 0 saturated carbocycles. The van der Waals surface area contributed by atoms with Crippen LogP contribution in [0, 0.1) is 0 Å². The lowest BCUT2D eigenvalue weighted by molar-refractivity contribution is 0.456. The zero-order chi connectivity index (χ0) is 7.40. The van der Waals surface area contributed by atoms with Gasteiger partial charge in [0.15, 0.2) is 0 Å². The van der Waals surface area contributed by atoms with Gasteiger partial charge in [0, 0.05) is 18.6 Å². The Morgan fingerprint density at radius 3 is 3.00 bits per heavy atom. The van der Waals surface area contributed by atoms with Crippen LogP contribution in [0.5, 0.6) is 0 Å². The van der Waals surface area contributed by atoms with Gasteiger partial charge in [-0.2, -0.15) is 0 Å². The van der Waals surface area contributed by atoms with E-state index in [-0.39, 0.29) is 0 Å². The first kappa shape index (κ1) is 8.02. The van der Waals surface area contributed by atoms with E-state index in [0.29, 0.717) is 6.04 Å². The second kappa shape index (κ2) is 3.94. The van der Waals surface area contributed by atoms with Gasteiger partial charge in [0.1, 0.15) is 0 Å². The topological polar surface area (TPSA) is 24.1 Å². The summed E-state index contributed by atoms with van der Waals surface area (Å²) >= 11 is 0. The minimum absolute atomic E-state index is 0.685. The molecule has 2 atom stereocenters. The van der Waals surface area contributed by atoms with Crippen molar-refractivity contribution in [2.24, 2.45) is 0 Å². The van der Waals surface area contributed by atoms with Gasteiger partial charge in [0.25, 0.3) is 0 Å². The molecule has 2 N–H and O–H groups in total. The van der Waals surface area contributed by atoms with Crippen molar-refractivity contribution in [1.29, 1.82) is 0 Å². The molecule has 1 aliphatic heterocycles. The standard InChI is InChI=1S/C8H18N2/c1-3-7(2)10-8-4-5-9-6-8/h7-10H,3-6H2,1-2H3. The molecule has 0 radical (unpaired) electrons. The van der Waals surface area contributed by atoms with E-state index < -0.39 is 0 Å². The van der Waals surface area contributed by atoms with E-state index in [1.165, 1.54) is 19.4 Å². The predicted molar refractivity (Wildman–Crippen MR) is 44.2 cm³/mol. The summed E-state index contributed by atoms with van der Waals surface area (Å²) in [6.07, 6.45) is 2.53. The van der Waals surface area contributed by atoms with Gasteiger partial charge in [-0.25, -0.2) is 0 Å². The number of rotatable bonds is 3. The molecule has 2 heteroatoms. The highest BCUT2D eigenvalue weighted by molar-refractivity contribution is 4.79. The number of hydrogen-bond donors (Lipinski definition) is 2. The van der Waals surface area contributed by atoms with Gasteiger partial charge in [-0.1, -0.05) is 6.92 Å². The maximum absolute atomic E-state index is 3.57. The van der Waals surface area contributed by atoms with Crippen LogP contribution in [0.15, 0.2) is 0 Å². The van der Waals surface area contributed by atoms with Crippen LogP contribution in [0.3, 0.4) is 0 Å². The highest BCUT2D eigenvalue weighted by Crippen LogP contribution is 1.99.